The summed E-state index contributed by atoms with van der Waals surface area (Å²) in [7, 11) is 0. The number of pyridine rings is 1. The van der Waals surface area contributed by atoms with Crippen LogP contribution >= 0.6 is 35.0 Å². The number of aromatic nitrogens is 1. The first kappa shape index (κ1) is 21.5. The lowest BCUT2D eigenvalue weighted by molar-refractivity contribution is 0.0555. The molecule has 1 aromatic carbocycles. The molecule has 1 aliphatic carbocycles. The molecule has 1 fully saturated rings. The van der Waals surface area contributed by atoms with Gasteiger partial charge < -0.3 is 4.90 Å². The number of hydrogen-bond donors (Lipinski definition) is 0. The first-order valence-electron chi connectivity index (χ1n) is 9.80. The molecule has 3 nitrogen and oxygen atoms in total. The van der Waals surface area contributed by atoms with Gasteiger partial charge in [-0.15, -0.1) is 11.8 Å². The van der Waals surface area contributed by atoms with Gasteiger partial charge in [0.25, 0.3) is 5.91 Å². The van der Waals surface area contributed by atoms with Gasteiger partial charge in [-0.05, 0) is 50.5 Å². The van der Waals surface area contributed by atoms with Gasteiger partial charge in [0.1, 0.15) is 0 Å². The number of nitrogens with zero attached hydrogens (tertiary/aromatic N) is 2. The summed E-state index contributed by atoms with van der Waals surface area (Å²) >= 11 is 14.1. The molecule has 0 saturated heterocycles. The maximum absolute atomic E-state index is 13.3. The minimum atomic E-state index is 0.0806. The molecule has 2 aromatic rings. The van der Waals surface area contributed by atoms with Crippen LogP contribution in [0.2, 0.25) is 10.0 Å². The highest BCUT2D eigenvalue weighted by Gasteiger charge is 2.28. The van der Waals surface area contributed by atoms with Gasteiger partial charge in [-0.3, -0.25) is 9.78 Å². The summed E-state index contributed by atoms with van der Waals surface area (Å²) in [5, 5.41) is 1.28. The zero-order chi connectivity index (χ0) is 20.1. The molecule has 150 valence electrons. The van der Waals surface area contributed by atoms with Gasteiger partial charge >= 0.3 is 0 Å². The third kappa shape index (κ3) is 5.22. The van der Waals surface area contributed by atoms with Crippen LogP contribution in [0.3, 0.4) is 0 Å². The van der Waals surface area contributed by atoms with E-state index in [4.69, 9.17) is 23.2 Å². The second-order valence-corrected chi connectivity index (χ2v) is 9.32. The lowest BCUT2D eigenvalue weighted by atomic mass is 9.93. The summed E-state index contributed by atoms with van der Waals surface area (Å²) in [4.78, 5) is 20.5. The van der Waals surface area contributed by atoms with Gasteiger partial charge in [0.2, 0.25) is 0 Å². The van der Waals surface area contributed by atoms with Gasteiger partial charge in [-0.25, -0.2) is 0 Å². The van der Waals surface area contributed by atoms with E-state index in [1.54, 1.807) is 24.2 Å². The van der Waals surface area contributed by atoms with Crippen LogP contribution in [-0.4, -0.2) is 27.9 Å². The third-order valence-corrected chi connectivity index (χ3v) is 7.16. The van der Waals surface area contributed by atoms with Crippen molar-refractivity contribution in [1.29, 1.82) is 0 Å². The smallest absolute Gasteiger partial charge is 0.255 e. The van der Waals surface area contributed by atoms with E-state index in [1.807, 2.05) is 24.3 Å². The molecule has 6 heteroatoms. The standard InChI is InChI=1S/C22H26Cl2N2OS/c1-15(2)26(18-7-4-3-5-8-18)22(27)17-11-16(12-25-13-17)14-28-21-19(23)9-6-10-20(21)24/h6,9-13,15,18H,3-5,7-8,14H2,1-2H3. The molecule has 0 unspecified atom stereocenters. The Morgan fingerprint density at radius 1 is 1.18 bits per heavy atom. The van der Waals surface area contributed by atoms with Crippen LogP contribution in [-0.2, 0) is 5.75 Å². The normalized spacial score (nSPS) is 15.0. The van der Waals surface area contributed by atoms with Crippen LogP contribution in [0.4, 0.5) is 0 Å². The zero-order valence-electron chi connectivity index (χ0n) is 16.3. The van der Waals surface area contributed by atoms with Crippen LogP contribution in [0, 0.1) is 0 Å². The van der Waals surface area contributed by atoms with Crippen molar-refractivity contribution in [2.75, 3.05) is 0 Å². The second-order valence-electron chi connectivity index (χ2n) is 7.52. The number of benzene rings is 1. The van der Waals surface area contributed by atoms with Gasteiger partial charge in [-0.1, -0.05) is 48.5 Å². The van der Waals surface area contributed by atoms with E-state index >= 15 is 0 Å². The highest BCUT2D eigenvalue weighted by molar-refractivity contribution is 7.98. The Kier molecular flexibility index (Phi) is 7.67. The fourth-order valence-electron chi connectivity index (χ4n) is 3.79. The van der Waals surface area contributed by atoms with Crippen molar-refractivity contribution >= 4 is 40.9 Å². The van der Waals surface area contributed by atoms with Gasteiger partial charge in [-0.2, -0.15) is 0 Å². The minimum absolute atomic E-state index is 0.0806. The number of hydrogen-bond acceptors (Lipinski definition) is 3. The number of carbonyl (C=O) groups is 1. The molecule has 1 amide bonds. The molecule has 1 saturated carbocycles. The Morgan fingerprint density at radius 3 is 2.50 bits per heavy atom. The Bertz CT molecular complexity index is 802. The summed E-state index contributed by atoms with van der Waals surface area (Å²) in [5.41, 5.74) is 1.64. The molecular formula is C22H26Cl2N2OS. The number of thioether (sulfide) groups is 1. The van der Waals surface area contributed by atoms with Crippen molar-refractivity contribution in [3.05, 3.63) is 57.8 Å². The molecule has 0 N–H and O–H groups in total. The number of halogens is 2. The summed E-state index contributed by atoms with van der Waals surface area (Å²) in [6.07, 6.45) is 9.35. The largest absolute Gasteiger partial charge is 0.333 e. The number of rotatable bonds is 6. The maximum atomic E-state index is 13.3. The van der Waals surface area contributed by atoms with Crippen molar-refractivity contribution in [1.82, 2.24) is 9.88 Å². The van der Waals surface area contributed by atoms with Gasteiger partial charge in [0.15, 0.2) is 0 Å². The van der Waals surface area contributed by atoms with E-state index < -0.39 is 0 Å². The Labute approximate surface area is 181 Å². The topological polar surface area (TPSA) is 33.2 Å². The van der Waals surface area contributed by atoms with Crippen molar-refractivity contribution in [2.24, 2.45) is 0 Å². The summed E-state index contributed by atoms with van der Waals surface area (Å²) in [6.45, 7) is 4.19. The maximum Gasteiger partial charge on any atom is 0.255 e. The van der Waals surface area contributed by atoms with E-state index in [0.29, 0.717) is 27.4 Å². The van der Waals surface area contributed by atoms with Crippen molar-refractivity contribution < 1.29 is 4.79 Å². The first-order chi connectivity index (χ1) is 13.5. The van der Waals surface area contributed by atoms with E-state index in [-0.39, 0.29) is 11.9 Å². The molecule has 28 heavy (non-hydrogen) atoms. The highest BCUT2D eigenvalue weighted by atomic mass is 35.5. The van der Waals surface area contributed by atoms with Crippen LogP contribution in [0.5, 0.6) is 0 Å². The fourth-order valence-corrected chi connectivity index (χ4v) is 5.40. The van der Waals surface area contributed by atoms with E-state index in [2.05, 4.69) is 23.7 Å². The molecule has 1 heterocycles. The number of carbonyl (C=O) groups excluding carboxylic acids is 1. The van der Waals surface area contributed by atoms with Crippen LogP contribution in [0.1, 0.15) is 61.9 Å². The van der Waals surface area contributed by atoms with Crippen LogP contribution in [0.15, 0.2) is 41.6 Å². The van der Waals surface area contributed by atoms with E-state index in [9.17, 15) is 4.79 Å². The lowest BCUT2D eigenvalue weighted by Gasteiger charge is -2.37. The molecule has 1 aromatic heterocycles. The predicted octanol–water partition coefficient (Wildman–Crippen LogP) is 6.86. The predicted molar refractivity (Wildman–Crippen MR) is 118 cm³/mol. The molecule has 3 rings (SSSR count). The Hall–Kier alpha value is -1.23. The summed E-state index contributed by atoms with van der Waals surface area (Å²) in [5.74, 6) is 0.736. The SMILES string of the molecule is CC(C)N(C(=O)c1cncc(CSc2c(Cl)cccc2Cl)c1)C1CCCCC1. The van der Waals surface area contributed by atoms with Gasteiger partial charge in [0.05, 0.1) is 15.6 Å². The minimum Gasteiger partial charge on any atom is -0.333 e. The van der Waals surface area contributed by atoms with Gasteiger partial charge in [0, 0.05) is 35.1 Å². The highest BCUT2D eigenvalue weighted by Crippen LogP contribution is 2.35. The molecule has 0 spiro atoms. The number of amides is 1. The second kappa shape index (κ2) is 10.00. The molecule has 0 aliphatic heterocycles. The molecule has 0 radical (unpaired) electrons. The molecule has 0 bridgehead atoms. The average Bonchev–Trinajstić information content (AvgIpc) is 2.68. The van der Waals surface area contributed by atoms with Crippen molar-refractivity contribution in [3.63, 3.8) is 0 Å². The van der Waals surface area contributed by atoms with Crippen LogP contribution in [0.25, 0.3) is 0 Å². The molecule has 1 aliphatic rings. The van der Waals surface area contributed by atoms with Crippen molar-refractivity contribution in [3.8, 4) is 0 Å². The third-order valence-electron chi connectivity index (χ3n) is 5.10. The summed E-state index contributed by atoms with van der Waals surface area (Å²) in [6, 6.07) is 7.96. The fraction of sp³-hybridized carbons (Fsp3) is 0.455. The van der Waals surface area contributed by atoms with E-state index in [1.165, 1.54) is 19.3 Å². The lowest BCUT2D eigenvalue weighted by Crippen LogP contribution is -2.45. The molecular weight excluding hydrogens is 411 g/mol. The first-order valence-corrected chi connectivity index (χ1v) is 11.5. The summed E-state index contributed by atoms with van der Waals surface area (Å²) < 4.78 is 0. The zero-order valence-corrected chi connectivity index (χ0v) is 18.7. The quantitative estimate of drug-likeness (QED) is 0.463. The van der Waals surface area contributed by atoms with Crippen LogP contribution < -0.4 is 0 Å². The van der Waals surface area contributed by atoms with Crippen molar-refractivity contribution in [2.45, 2.75) is 68.7 Å². The Morgan fingerprint density at radius 2 is 1.86 bits per heavy atom. The molecule has 0 atom stereocenters. The van der Waals surface area contributed by atoms with E-state index in [0.717, 1.165) is 23.3 Å². The average molecular weight is 437 g/mol. The Balaban J connectivity index is 1.75. The monoisotopic (exact) mass is 436 g/mol.